The molecule has 0 radical (unpaired) electrons. The number of carbonyl (C=O) groups is 3. The molecule has 0 bridgehead atoms. The SMILES string of the molecule is COc1ccc(C(=O)N2CCN(c3c(C#N)c(=O)n(CCN(C)C)c4ccc(Cl)cc34)CC2)cc1.Cc1ccc2c(c1)c(N1CCN(C(=O)c3ccc(Cl)cc3)CC1)c(C#N)c(=O)n2C.N#Cc1c(N2CCN(C(=O)c3ccco3)CC2)c2ccccc2n(Cc2ccoc2)c1=O. The van der Waals surface area contributed by atoms with Crippen LogP contribution in [-0.4, -0.2) is 157 Å². The number of methoxy groups -OCH3 is 1. The van der Waals surface area contributed by atoms with Crippen molar-refractivity contribution in [2.24, 2.45) is 7.05 Å². The summed E-state index contributed by atoms with van der Waals surface area (Å²) in [6.45, 7) is 9.44. The van der Waals surface area contributed by atoms with Crippen molar-refractivity contribution in [1.82, 2.24) is 33.3 Å². The van der Waals surface area contributed by atoms with Gasteiger partial charge in [0.05, 0.1) is 66.1 Å². The molecule has 0 unspecified atom stereocenters. The minimum atomic E-state index is -0.337. The van der Waals surface area contributed by atoms with Gasteiger partial charge in [-0.25, -0.2) is 0 Å². The molecule has 97 heavy (non-hydrogen) atoms. The second-order valence-corrected chi connectivity index (χ2v) is 24.8. The maximum absolute atomic E-state index is 13.4. The van der Waals surface area contributed by atoms with Gasteiger partial charge in [0.1, 0.15) is 40.6 Å². The van der Waals surface area contributed by atoms with E-state index >= 15 is 0 Å². The number of hydrogen-bond acceptors (Lipinski definition) is 16. The number of carbonyl (C=O) groups excluding carboxylic acids is 3. The van der Waals surface area contributed by atoms with Gasteiger partial charge < -0.3 is 61.6 Å². The molecule has 0 saturated carbocycles. The molecule has 0 aliphatic carbocycles. The van der Waals surface area contributed by atoms with E-state index in [0.717, 1.165) is 43.8 Å². The Balaban J connectivity index is 0.000000148. The number of nitriles is 3. The maximum atomic E-state index is 13.4. The van der Waals surface area contributed by atoms with Crippen LogP contribution in [0.5, 0.6) is 5.75 Å². The van der Waals surface area contributed by atoms with Crippen LogP contribution in [0.25, 0.3) is 32.7 Å². The number of furan rings is 2. The molecule has 5 aromatic heterocycles. The van der Waals surface area contributed by atoms with Gasteiger partial charge in [0, 0.05) is 142 Å². The number of ether oxygens (including phenoxy) is 1. The molecule has 13 rings (SSSR count). The first kappa shape index (κ1) is 67.3. The number of pyridine rings is 3. The van der Waals surface area contributed by atoms with E-state index in [-0.39, 0.29) is 51.1 Å². The Bertz CT molecular complexity index is 4910. The summed E-state index contributed by atoms with van der Waals surface area (Å²) in [5, 5.41) is 33.2. The lowest BCUT2D eigenvalue weighted by Gasteiger charge is -2.37. The topological polar surface area (TPSA) is 247 Å². The minimum Gasteiger partial charge on any atom is -0.497 e. The van der Waals surface area contributed by atoms with Gasteiger partial charge in [0.2, 0.25) is 0 Å². The largest absolute Gasteiger partial charge is 0.497 e. The smallest absolute Gasteiger partial charge is 0.289 e. The fourth-order valence-electron chi connectivity index (χ4n) is 12.6. The summed E-state index contributed by atoms with van der Waals surface area (Å²) >= 11 is 12.3. The Morgan fingerprint density at radius 2 is 1.03 bits per heavy atom. The molecule has 3 amide bonds. The van der Waals surface area contributed by atoms with Crippen LogP contribution >= 0.6 is 23.2 Å². The summed E-state index contributed by atoms with van der Waals surface area (Å²) in [6.07, 6.45) is 4.63. The summed E-state index contributed by atoms with van der Waals surface area (Å²) in [6, 6.07) is 44.3. The number of aryl methyl sites for hydroxylation is 2. The van der Waals surface area contributed by atoms with Crippen LogP contribution in [0.4, 0.5) is 17.1 Å². The van der Waals surface area contributed by atoms with Crippen molar-refractivity contribution in [1.29, 1.82) is 15.8 Å². The average molecular weight is 1340 g/mol. The molecule has 3 aliphatic rings. The zero-order valence-electron chi connectivity index (χ0n) is 54.2. The van der Waals surface area contributed by atoms with E-state index in [9.17, 15) is 44.6 Å². The van der Waals surface area contributed by atoms with E-state index in [0.29, 0.717) is 148 Å². The fourth-order valence-corrected chi connectivity index (χ4v) is 12.9. The highest BCUT2D eigenvalue weighted by Gasteiger charge is 2.31. The third kappa shape index (κ3) is 14.2. The number of anilines is 3. The number of fused-ring (bicyclic) bond motifs is 3. The van der Waals surface area contributed by atoms with Gasteiger partial charge in [-0.2, -0.15) is 15.8 Å². The zero-order valence-corrected chi connectivity index (χ0v) is 55.7. The van der Waals surface area contributed by atoms with Crippen LogP contribution in [0.2, 0.25) is 10.0 Å². The normalized spacial score (nSPS) is 13.9. The lowest BCUT2D eigenvalue weighted by atomic mass is 10.0. The van der Waals surface area contributed by atoms with Crippen molar-refractivity contribution in [2.45, 2.75) is 20.0 Å². The van der Waals surface area contributed by atoms with E-state index in [1.54, 1.807) is 123 Å². The van der Waals surface area contributed by atoms with E-state index in [4.69, 9.17) is 36.8 Å². The van der Waals surface area contributed by atoms with Crippen molar-refractivity contribution >= 4 is 90.7 Å². The standard InChI is InChI=1S/C26H28ClN5O3.C24H20N4O4.C23H21ClN4O2/c1-29(2)10-15-32-23-9-6-19(27)16-21(23)24(22(17-28)26(32)34)30-11-13-31(14-12-30)25(33)18-4-7-20(35-3)8-5-18;25-14-19-22(26-8-10-27(11-9-26)24(30)21-6-3-12-32-21)18-4-1-2-5-20(18)28(23(19)29)15-17-7-13-31-16-17;1-15-3-8-20-18(13-15)21(19(14-25)23(30)26(20)2)27-9-11-28(12-10-27)22(29)16-4-6-17(24)7-5-16/h4-9,16H,10-15H2,1-3H3;1-7,12-13,16H,8-11,15H2;3-8,13H,9-12H2,1-2H3. The molecule has 3 saturated heterocycles. The molecule has 22 nitrogen and oxygen atoms in total. The molecule has 0 spiro atoms. The Labute approximate surface area is 568 Å². The summed E-state index contributed by atoms with van der Waals surface area (Å²) < 4.78 is 20.3. The second kappa shape index (κ2) is 29.7. The second-order valence-electron chi connectivity index (χ2n) is 23.9. The number of amides is 3. The van der Waals surface area contributed by atoms with Crippen molar-refractivity contribution in [3.63, 3.8) is 0 Å². The first-order valence-corrected chi connectivity index (χ1v) is 32.2. The van der Waals surface area contributed by atoms with Crippen LogP contribution in [-0.2, 0) is 20.1 Å². The number of benzene rings is 5. The molecular formula is C73H69Cl2N13O9. The van der Waals surface area contributed by atoms with Gasteiger partial charge in [-0.05, 0) is 124 Å². The Kier molecular flexibility index (Phi) is 20.6. The molecule has 24 heteroatoms. The third-order valence-electron chi connectivity index (χ3n) is 17.7. The highest BCUT2D eigenvalue weighted by atomic mass is 35.5. The monoisotopic (exact) mass is 1340 g/mol. The average Bonchev–Trinajstić information content (AvgIpc) is 1.70. The summed E-state index contributed by atoms with van der Waals surface area (Å²) in [5.74, 6) is 0.747. The molecule has 10 aromatic rings. The number of piperazine rings is 3. The minimum absolute atomic E-state index is 0.0449. The molecule has 0 atom stereocenters. The molecule has 3 aliphatic heterocycles. The predicted molar refractivity (Wildman–Crippen MR) is 373 cm³/mol. The first-order chi connectivity index (χ1) is 46.9. The fraction of sp³-hybridized carbons (Fsp3) is 0.274. The number of aromatic nitrogens is 3. The quantitative estimate of drug-likeness (QED) is 0.110. The van der Waals surface area contributed by atoms with Gasteiger partial charge in [-0.1, -0.05) is 53.0 Å². The predicted octanol–water partition coefficient (Wildman–Crippen LogP) is 9.46. The van der Waals surface area contributed by atoms with E-state index < -0.39 is 0 Å². The number of halogens is 2. The molecule has 0 N–H and O–H groups in total. The van der Waals surface area contributed by atoms with Crippen LogP contribution in [0, 0.1) is 40.9 Å². The molecule has 494 valence electrons. The summed E-state index contributed by atoms with van der Waals surface area (Å²) in [5.41, 5.74) is 6.68. The third-order valence-corrected chi connectivity index (χ3v) is 18.2. The van der Waals surface area contributed by atoms with Gasteiger partial charge in [0.25, 0.3) is 34.4 Å². The lowest BCUT2D eigenvalue weighted by Crippen LogP contribution is -2.49. The van der Waals surface area contributed by atoms with Crippen LogP contribution in [0.15, 0.2) is 169 Å². The number of nitrogens with zero attached hydrogens (tertiary/aromatic N) is 13. The summed E-state index contributed by atoms with van der Waals surface area (Å²) in [4.78, 5) is 91.3. The Hall–Kier alpha value is -11.1. The van der Waals surface area contributed by atoms with Crippen LogP contribution in [0.3, 0.4) is 0 Å². The van der Waals surface area contributed by atoms with Crippen molar-refractivity contribution in [3.05, 3.63) is 232 Å². The molecule has 3 fully saturated rings. The summed E-state index contributed by atoms with van der Waals surface area (Å²) in [7, 11) is 7.16. The van der Waals surface area contributed by atoms with Gasteiger partial charge >= 0.3 is 0 Å². The highest BCUT2D eigenvalue weighted by molar-refractivity contribution is 6.31. The Morgan fingerprint density at radius 3 is 1.56 bits per heavy atom. The molecule has 8 heterocycles. The van der Waals surface area contributed by atoms with Crippen LogP contribution < -0.4 is 36.1 Å². The number of hydrogen-bond donors (Lipinski definition) is 0. The maximum Gasteiger partial charge on any atom is 0.289 e. The van der Waals surface area contributed by atoms with Gasteiger partial charge in [0.15, 0.2) is 5.76 Å². The highest BCUT2D eigenvalue weighted by Crippen LogP contribution is 2.35. The van der Waals surface area contributed by atoms with Crippen LogP contribution in [0.1, 0.15) is 59.1 Å². The molecule has 5 aromatic carbocycles. The van der Waals surface area contributed by atoms with Crippen molar-refractivity contribution in [2.75, 3.05) is 121 Å². The zero-order chi connectivity index (χ0) is 68.6. The number of likely N-dealkylation sites (N-methyl/N-ethyl adjacent to an activating group) is 1. The Morgan fingerprint density at radius 1 is 0.536 bits per heavy atom. The first-order valence-electron chi connectivity index (χ1n) is 31.5. The van der Waals surface area contributed by atoms with E-state index in [2.05, 4.69) is 18.2 Å². The van der Waals surface area contributed by atoms with Gasteiger partial charge in [-0.15, -0.1) is 0 Å². The van der Waals surface area contributed by atoms with Crippen molar-refractivity contribution < 1.29 is 28.0 Å². The lowest BCUT2D eigenvalue weighted by molar-refractivity contribution is 0.0712. The van der Waals surface area contributed by atoms with Gasteiger partial charge in [-0.3, -0.25) is 28.8 Å². The van der Waals surface area contributed by atoms with E-state index in [1.165, 1.54) is 10.8 Å². The molecular weight excluding hydrogens is 1270 g/mol. The van der Waals surface area contributed by atoms with Crippen molar-refractivity contribution in [3.8, 4) is 24.0 Å². The number of para-hydroxylation sites is 1. The van der Waals surface area contributed by atoms with E-state index in [1.807, 2.05) is 95.2 Å². The number of rotatable bonds is 12.